The standard InChI is InChI=1S/C12H21N3O2S/c1-9-10(11(16)17-5)13-12(18-9)15(4)8-6-7-14(2)3/h6-8H2,1-5H3. The highest BCUT2D eigenvalue weighted by molar-refractivity contribution is 7.15. The molecular formula is C12H21N3O2S. The van der Waals surface area contributed by atoms with Crippen molar-refractivity contribution >= 4 is 22.4 Å². The van der Waals surface area contributed by atoms with Crippen LogP contribution in [0.2, 0.25) is 0 Å². The summed E-state index contributed by atoms with van der Waals surface area (Å²) < 4.78 is 4.70. The van der Waals surface area contributed by atoms with Crippen LogP contribution in [0.25, 0.3) is 0 Å². The highest BCUT2D eigenvalue weighted by atomic mass is 32.1. The molecular weight excluding hydrogens is 250 g/mol. The Bertz CT molecular complexity index is 404. The van der Waals surface area contributed by atoms with Crippen LogP contribution in [0.4, 0.5) is 5.13 Å². The number of nitrogens with zero attached hydrogens (tertiary/aromatic N) is 3. The average Bonchev–Trinajstić information content (AvgIpc) is 2.70. The van der Waals surface area contributed by atoms with E-state index in [4.69, 9.17) is 4.74 Å². The van der Waals surface area contributed by atoms with Crippen LogP contribution in [-0.4, -0.2) is 57.2 Å². The summed E-state index contributed by atoms with van der Waals surface area (Å²) in [7, 11) is 7.49. The zero-order valence-corrected chi connectivity index (χ0v) is 12.5. The minimum atomic E-state index is -0.364. The fraction of sp³-hybridized carbons (Fsp3) is 0.667. The Balaban J connectivity index is 2.63. The second-order valence-corrected chi connectivity index (χ2v) is 5.65. The number of rotatable bonds is 6. The summed E-state index contributed by atoms with van der Waals surface area (Å²) in [5.41, 5.74) is 0.428. The summed E-state index contributed by atoms with van der Waals surface area (Å²) >= 11 is 1.53. The third kappa shape index (κ3) is 3.96. The summed E-state index contributed by atoms with van der Waals surface area (Å²) in [5, 5.41) is 0.867. The molecule has 0 aliphatic carbocycles. The lowest BCUT2D eigenvalue weighted by atomic mass is 10.4. The van der Waals surface area contributed by atoms with Gasteiger partial charge in [0.2, 0.25) is 0 Å². The van der Waals surface area contributed by atoms with Crippen LogP contribution in [-0.2, 0) is 4.74 Å². The highest BCUT2D eigenvalue weighted by Crippen LogP contribution is 2.25. The Morgan fingerprint density at radius 3 is 2.56 bits per heavy atom. The van der Waals surface area contributed by atoms with Crippen molar-refractivity contribution in [3.05, 3.63) is 10.6 Å². The van der Waals surface area contributed by atoms with E-state index in [9.17, 15) is 4.79 Å². The van der Waals surface area contributed by atoms with Crippen molar-refractivity contribution in [1.29, 1.82) is 0 Å². The molecule has 1 aromatic rings. The number of carbonyl (C=O) groups is 1. The van der Waals surface area contributed by atoms with Gasteiger partial charge in [-0.25, -0.2) is 9.78 Å². The molecule has 0 saturated heterocycles. The first kappa shape index (κ1) is 14.9. The molecule has 0 radical (unpaired) electrons. The van der Waals surface area contributed by atoms with Gasteiger partial charge in [-0.15, -0.1) is 11.3 Å². The number of carbonyl (C=O) groups excluding carboxylic acids is 1. The molecule has 0 amide bonds. The molecule has 0 aliphatic rings. The van der Waals surface area contributed by atoms with E-state index in [-0.39, 0.29) is 5.97 Å². The first-order chi connectivity index (χ1) is 8.45. The van der Waals surface area contributed by atoms with E-state index in [0.29, 0.717) is 5.69 Å². The van der Waals surface area contributed by atoms with Crippen LogP contribution in [0.5, 0.6) is 0 Å². The van der Waals surface area contributed by atoms with Crippen LogP contribution in [0.1, 0.15) is 21.8 Å². The van der Waals surface area contributed by atoms with Crippen molar-refractivity contribution in [3.63, 3.8) is 0 Å². The van der Waals surface area contributed by atoms with Gasteiger partial charge in [-0.2, -0.15) is 0 Å². The van der Waals surface area contributed by atoms with Gasteiger partial charge in [-0.05, 0) is 34.0 Å². The van der Waals surface area contributed by atoms with Gasteiger partial charge in [-0.3, -0.25) is 0 Å². The average molecular weight is 271 g/mol. The molecule has 1 rings (SSSR count). The van der Waals surface area contributed by atoms with Gasteiger partial charge in [0.15, 0.2) is 10.8 Å². The lowest BCUT2D eigenvalue weighted by Gasteiger charge is -2.17. The molecule has 0 bridgehead atoms. The third-order valence-electron chi connectivity index (χ3n) is 2.59. The predicted octanol–water partition coefficient (Wildman–Crippen LogP) is 1.63. The van der Waals surface area contributed by atoms with Crippen LogP contribution in [0.15, 0.2) is 0 Å². The van der Waals surface area contributed by atoms with Gasteiger partial charge in [0.25, 0.3) is 0 Å². The van der Waals surface area contributed by atoms with Crippen molar-refractivity contribution in [2.24, 2.45) is 0 Å². The fourth-order valence-electron chi connectivity index (χ4n) is 1.55. The maximum atomic E-state index is 11.5. The van der Waals surface area contributed by atoms with Crippen molar-refractivity contribution in [3.8, 4) is 0 Å². The van der Waals surface area contributed by atoms with Crippen LogP contribution in [0.3, 0.4) is 0 Å². The lowest BCUT2D eigenvalue weighted by molar-refractivity contribution is 0.0594. The van der Waals surface area contributed by atoms with Gasteiger partial charge >= 0.3 is 5.97 Å². The Labute approximate surface area is 112 Å². The van der Waals surface area contributed by atoms with Crippen molar-refractivity contribution in [2.75, 3.05) is 46.2 Å². The van der Waals surface area contributed by atoms with Gasteiger partial charge in [-0.1, -0.05) is 0 Å². The van der Waals surface area contributed by atoms with E-state index in [2.05, 4.69) is 28.9 Å². The maximum Gasteiger partial charge on any atom is 0.357 e. The molecule has 102 valence electrons. The van der Waals surface area contributed by atoms with E-state index < -0.39 is 0 Å². The number of hydrogen-bond acceptors (Lipinski definition) is 6. The first-order valence-corrected chi connectivity index (χ1v) is 6.69. The Kier molecular flexibility index (Phi) is 5.55. The fourth-order valence-corrected chi connectivity index (χ4v) is 2.44. The number of aromatic nitrogens is 1. The second kappa shape index (κ2) is 6.70. The number of aryl methyl sites for hydroxylation is 1. The van der Waals surface area contributed by atoms with Gasteiger partial charge in [0.1, 0.15) is 0 Å². The molecule has 0 aliphatic heterocycles. The molecule has 0 unspecified atom stereocenters. The maximum absolute atomic E-state index is 11.5. The van der Waals surface area contributed by atoms with Crippen LogP contribution >= 0.6 is 11.3 Å². The van der Waals surface area contributed by atoms with E-state index >= 15 is 0 Å². The van der Waals surface area contributed by atoms with E-state index in [1.165, 1.54) is 18.4 Å². The molecule has 0 aromatic carbocycles. The Hall–Kier alpha value is -1.14. The van der Waals surface area contributed by atoms with E-state index in [1.54, 1.807) is 0 Å². The summed E-state index contributed by atoms with van der Waals surface area (Å²) in [4.78, 5) is 20.9. The molecule has 18 heavy (non-hydrogen) atoms. The highest BCUT2D eigenvalue weighted by Gasteiger charge is 2.17. The SMILES string of the molecule is COC(=O)c1nc(N(C)CCCN(C)C)sc1C. The number of hydrogen-bond donors (Lipinski definition) is 0. The lowest BCUT2D eigenvalue weighted by Crippen LogP contribution is -2.23. The number of anilines is 1. The monoisotopic (exact) mass is 271 g/mol. The normalized spacial score (nSPS) is 10.8. The van der Waals surface area contributed by atoms with Gasteiger partial charge in [0.05, 0.1) is 7.11 Å². The summed E-state index contributed by atoms with van der Waals surface area (Å²) in [5.74, 6) is -0.364. The molecule has 0 N–H and O–H groups in total. The van der Waals surface area contributed by atoms with Crippen molar-refractivity contribution in [1.82, 2.24) is 9.88 Å². The Morgan fingerprint density at radius 2 is 2.00 bits per heavy atom. The number of esters is 1. The van der Waals surface area contributed by atoms with E-state index in [0.717, 1.165) is 29.5 Å². The van der Waals surface area contributed by atoms with Crippen LogP contribution in [0, 0.1) is 6.92 Å². The molecule has 5 nitrogen and oxygen atoms in total. The molecule has 0 fully saturated rings. The summed E-state index contributed by atoms with van der Waals surface area (Å²) in [6, 6.07) is 0. The van der Waals surface area contributed by atoms with Gasteiger partial charge in [0, 0.05) is 18.5 Å². The zero-order chi connectivity index (χ0) is 13.7. The van der Waals surface area contributed by atoms with Crippen molar-refractivity contribution < 1.29 is 9.53 Å². The molecule has 1 heterocycles. The quantitative estimate of drug-likeness (QED) is 0.736. The molecule has 0 atom stereocenters. The number of thiazole rings is 1. The smallest absolute Gasteiger partial charge is 0.357 e. The number of ether oxygens (including phenoxy) is 1. The summed E-state index contributed by atoms with van der Waals surface area (Å²) in [6.07, 6.45) is 1.07. The molecule has 6 heteroatoms. The minimum absolute atomic E-state index is 0.364. The molecule has 0 saturated carbocycles. The Morgan fingerprint density at radius 1 is 1.33 bits per heavy atom. The number of methoxy groups -OCH3 is 1. The van der Waals surface area contributed by atoms with Gasteiger partial charge < -0.3 is 14.5 Å². The summed E-state index contributed by atoms with van der Waals surface area (Å²) in [6.45, 7) is 3.85. The topological polar surface area (TPSA) is 45.7 Å². The second-order valence-electron chi connectivity index (χ2n) is 4.47. The third-order valence-corrected chi connectivity index (χ3v) is 3.67. The minimum Gasteiger partial charge on any atom is -0.464 e. The predicted molar refractivity (Wildman–Crippen MR) is 74.6 cm³/mol. The molecule has 0 spiro atoms. The van der Waals surface area contributed by atoms with Crippen LogP contribution < -0.4 is 4.90 Å². The van der Waals surface area contributed by atoms with E-state index in [1.807, 2.05) is 14.0 Å². The largest absolute Gasteiger partial charge is 0.464 e. The molecule has 1 aromatic heterocycles. The van der Waals surface area contributed by atoms with Crippen molar-refractivity contribution in [2.45, 2.75) is 13.3 Å². The first-order valence-electron chi connectivity index (χ1n) is 5.87. The zero-order valence-electron chi connectivity index (χ0n) is 11.7.